The fourth-order valence-electron chi connectivity index (χ4n) is 1.75. The average Bonchev–Trinajstić information content (AvgIpc) is 2.67. The fraction of sp³-hybridized carbons (Fsp3) is 0.385. The molecule has 1 heterocycles. The summed E-state index contributed by atoms with van der Waals surface area (Å²) in [6.45, 7) is 3.03. The summed E-state index contributed by atoms with van der Waals surface area (Å²) in [7, 11) is 0. The number of hydrogen-bond acceptors (Lipinski definition) is 1. The van der Waals surface area contributed by atoms with E-state index in [1.807, 2.05) is 0 Å². The smallest absolute Gasteiger partial charge is 0.0759 e. The maximum absolute atomic E-state index is 5.52. The first-order valence-corrected chi connectivity index (χ1v) is 5.21. The van der Waals surface area contributed by atoms with Gasteiger partial charge in [0.25, 0.3) is 0 Å². The van der Waals surface area contributed by atoms with E-state index in [0.717, 1.165) is 6.61 Å². The molecule has 0 bridgehead atoms. The number of benzene rings is 1. The van der Waals surface area contributed by atoms with Gasteiger partial charge in [0.2, 0.25) is 0 Å². The number of rotatable bonds is 2. The van der Waals surface area contributed by atoms with Gasteiger partial charge in [-0.1, -0.05) is 42.0 Å². The van der Waals surface area contributed by atoms with E-state index in [0.29, 0.717) is 6.10 Å². The summed E-state index contributed by atoms with van der Waals surface area (Å²) in [5.41, 5.74) is 2.57. The molecule has 0 N–H and O–H groups in total. The zero-order valence-electron chi connectivity index (χ0n) is 8.57. The SMILES string of the molecule is Cc1cccc(/C=C/C2CCCO2)c1. The minimum Gasteiger partial charge on any atom is -0.374 e. The molecule has 1 aromatic rings. The summed E-state index contributed by atoms with van der Waals surface area (Å²) in [5, 5.41) is 0. The van der Waals surface area contributed by atoms with Gasteiger partial charge in [-0.3, -0.25) is 0 Å². The Morgan fingerprint density at radius 1 is 1.43 bits per heavy atom. The molecule has 1 unspecified atom stereocenters. The molecule has 2 rings (SSSR count). The van der Waals surface area contributed by atoms with Crippen LogP contribution in [-0.4, -0.2) is 12.7 Å². The largest absolute Gasteiger partial charge is 0.374 e. The van der Waals surface area contributed by atoms with E-state index in [2.05, 4.69) is 43.3 Å². The second-order valence-electron chi connectivity index (χ2n) is 3.82. The van der Waals surface area contributed by atoms with Crippen molar-refractivity contribution in [1.82, 2.24) is 0 Å². The summed E-state index contributed by atoms with van der Waals surface area (Å²) in [6.07, 6.45) is 7.03. The van der Waals surface area contributed by atoms with E-state index in [1.54, 1.807) is 0 Å². The van der Waals surface area contributed by atoms with Crippen molar-refractivity contribution in [2.45, 2.75) is 25.9 Å². The van der Waals surface area contributed by atoms with E-state index < -0.39 is 0 Å². The van der Waals surface area contributed by atoms with Crippen LogP contribution >= 0.6 is 0 Å². The molecule has 1 atom stereocenters. The summed E-state index contributed by atoms with van der Waals surface area (Å²) in [5.74, 6) is 0. The van der Waals surface area contributed by atoms with Crippen LogP contribution in [0.2, 0.25) is 0 Å². The van der Waals surface area contributed by atoms with Gasteiger partial charge in [-0.05, 0) is 25.3 Å². The number of hydrogen-bond donors (Lipinski definition) is 0. The van der Waals surface area contributed by atoms with Gasteiger partial charge < -0.3 is 4.74 Å². The molecule has 1 heteroatoms. The predicted molar refractivity (Wildman–Crippen MR) is 59.2 cm³/mol. The molecule has 1 fully saturated rings. The minimum absolute atomic E-state index is 0.343. The molecule has 0 amide bonds. The lowest BCUT2D eigenvalue weighted by molar-refractivity contribution is 0.146. The molecule has 0 saturated carbocycles. The first-order valence-electron chi connectivity index (χ1n) is 5.21. The molecule has 1 aliphatic heterocycles. The van der Waals surface area contributed by atoms with E-state index in [4.69, 9.17) is 4.74 Å². The molecule has 0 aliphatic carbocycles. The van der Waals surface area contributed by atoms with Crippen LogP contribution in [0.25, 0.3) is 6.08 Å². The zero-order valence-corrected chi connectivity index (χ0v) is 8.57. The molecular weight excluding hydrogens is 172 g/mol. The van der Waals surface area contributed by atoms with Crippen molar-refractivity contribution in [2.75, 3.05) is 6.61 Å². The second kappa shape index (κ2) is 4.43. The lowest BCUT2D eigenvalue weighted by Gasteiger charge is -2.01. The maximum Gasteiger partial charge on any atom is 0.0759 e. The van der Waals surface area contributed by atoms with Gasteiger partial charge in [0.05, 0.1) is 6.10 Å². The Balaban J connectivity index is 2.02. The Hall–Kier alpha value is -1.08. The highest BCUT2D eigenvalue weighted by Crippen LogP contribution is 2.15. The Kier molecular flexibility index (Phi) is 3.00. The molecule has 14 heavy (non-hydrogen) atoms. The predicted octanol–water partition coefficient (Wildman–Crippen LogP) is 3.19. The first-order chi connectivity index (χ1) is 6.84. The van der Waals surface area contributed by atoms with Crippen molar-refractivity contribution < 1.29 is 4.74 Å². The number of ether oxygens (including phenoxy) is 1. The summed E-state index contributed by atoms with van der Waals surface area (Å²) in [6, 6.07) is 8.51. The van der Waals surface area contributed by atoms with Gasteiger partial charge in [-0.2, -0.15) is 0 Å². The first kappa shape index (κ1) is 9.47. The monoisotopic (exact) mass is 188 g/mol. The van der Waals surface area contributed by atoms with Gasteiger partial charge in [0.1, 0.15) is 0 Å². The molecule has 1 aromatic carbocycles. The normalized spacial score (nSPS) is 21.9. The maximum atomic E-state index is 5.52. The quantitative estimate of drug-likeness (QED) is 0.692. The summed E-state index contributed by atoms with van der Waals surface area (Å²) >= 11 is 0. The second-order valence-corrected chi connectivity index (χ2v) is 3.82. The van der Waals surface area contributed by atoms with E-state index in [1.165, 1.54) is 24.0 Å². The molecule has 1 aliphatic rings. The van der Waals surface area contributed by atoms with Gasteiger partial charge in [0.15, 0.2) is 0 Å². The third-order valence-corrected chi connectivity index (χ3v) is 2.51. The lowest BCUT2D eigenvalue weighted by atomic mass is 10.1. The summed E-state index contributed by atoms with van der Waals surface area (Å²) in [4.78, 5) is 0. The van der Waals surface area contributed by atoms with E-state index in [9.17, 15) is 0 Å². The van der Waals surface area contributed by atoms with Gasteiger partial charge in [-0.15, -0.1) is 0 Å². The Morgan fingerprint density at radius 3 is 3.07 bits per heavy atom. The van der Waals surface area contributed by atoms with Crippen LogP contribution < -0.4 is 0 Å². The van der Waals surface area contributed by atoms with Crippen LogP contribution in [0, 0.1) is 6.92 Å². The standard InChI is InChI=1S/C13H16O/c1-11-4-2-5-12(10-11)7-8-13-6-3-9-14-13/h2,4-5,7-8,10,13H,3,6,9H2,1H3/b8-7+. The highest BCUT2D eigenvalue weighted by atomic mass is 16.5. The highest BCUT2D eigenvalue weighted by molar-refractivity contribution is 5.50. The van der Waals surface area contributed by atoms with Crippen LogP contribution in [0.5, 0.6) is 0 Å². The Labute approximate surface area is 85.4 Å². The molecule has 0 spiro atoms. The molecule has 0 aromatic heterocycles. The van der Waals surface area contributed by atoms with Crippen LogP contribution in [0.15, 0.2) is 30.3 Å². The highest BCUT2D eigenvalue weighted by Gasteiger charge is 2.10. The Morgan fingerprint density at radius 2 is 2.36 bits per heavy atom. The lowest BCUT2D eigenvalue weighted by Crippen LogP contribution is -1.98. The molecule has 1 nitrogen and oxygen atoms in total. The van der Waals surface area contributed by atoms with Crippen molar-refractivity contribution >= 4 is 6.08 Å². The van der Waals surface area contributed by atoms with Crippen molar-refractivity contribution in [1.29, 1.82) is 0 Å². The Bertz CT molecular complexity index is 322. The minimum atomic E-state index is 0.343. The summed E-state index contributed by atoms with van der Waals surface area (Å²) < 4.78 is 5.52. The van der Waals surface area contributed by atoms with Crippen molar-refractivity contribution in [2.24, 2.45) is 0 Å². The van der Waals surface area contributed by atoms with Crippen LogP contribution in [0.4, 0.5) is 0 Å². The molecule has 0 radical (unpaired) electrons. The fourth-order valence-corrected chi connectivity index (χ4v) is 1.75. The van der Waals surface area contributed by atoms with Crippen LogP contribution in [0.1, 0.15) is 24.0 Å². The van der Waals surface area contributed by atoms with Crippen molar-refractivity contribution in [3.63, 3.8) is 0 Å². The van der Waals surface area contributed by atoms with Crippen LogP contribution in [0.3, 0.4) is 0 Å². The average molecular weight is 188 g/mol. The van der Waals surface area contributed by atoms with E-state index >= 15 is 0 Å². The molecule has 74 valence electrons. The molecular formula is C13H16O. The van der Waals surface area contributed by atoms with Gasteiger partial charge in [-0.25, -0.2) is 0 Å². The number of aryl methyl sites for hydroxylation is 1. The zero-order chi connectivity index (χ0) is 9.80. The van der Waals surface area contributed by atoms with Crippen molar-refractivity contribution in [3.8, 4) is 0 Å². The third kappa shape index (κ3) is 2.46. The topological polar surface area (TPSA) is 9.23 Å². The molecule has 1 saturated heterocycles. The van der Waals surface area contributed by atoms with Gasteiger partial charge in [0, 0.05) is 6.61 Å². The third-order valence-electron chi connectivity index (χ3n) is 2.51. The van der Waals surface area contributed by atoms with E-state index in [-0.39, 0.29) is 0 Å². The van der Waals surface area contributed by atoms with Gasteiger partial charge >= 0.3 is 0 Å². The van der Waals surface area contributed by atoms with Crippen LogP contribution in [-0.2, 0) is 4.74 Å². The van der Waals surface area contributed by atoms with Crippen molar-refractivity contribution in [3.05, 3.63) is 41.5 Å².